The molecule has 1 heterocycles. The van der Waals surface area contributed by atoms with Crippen LogP contribution in [0.1, 0.15) is 18.4 Å². The van der Waals surface area contributed by atoms with Crippen LogP contribution in [-0.4, -0.2) is 18.7 Å². The van der Waals surface area contributed by atoms with E-state index >= 15 is 0 Å². The zero-order chi connectivity index (χ0) is 17.2. The summed E-state index contributed by atoms with van der Waals surface area (Å²) in [5, 5.41) is 0.491. The summed E-state index contributed by atoms with van der Waals surface area (Å²) in [7, 11) is 0. The maximum absolute atomic E-state index is 6.22. The maximum Gasteiger partial charge on any atom is 0.172 e. The van der Waals surface area contributed by atoms with Crippen molar-refractivity contribution in [3.05, 3.63) is 53.1 Å². The summed E-state index contributed by atoms with van der Waals surface area (Å²) in [6.07, 6.45) is 7.30. The molecule has 2 aromatic rings. The van der Waals surface area contributed by atoms with Crippen LogP contribution >= 0.6 is 11.6 Å². The average Bonchev–Trinajstić information content (AvgIpc) is 2.59. The number of rotatable bonds is 3. The summed E-state index contributed by atoms with van der Waals surface area (Å²) >= 11 is 6.22. The van der Waals surface area contributed by atoms with Crippen molar-refractivity contribution in [2.24, 2.45) is 0 Å². The normalized spacial score (nSPS) is 16.5. The van der Waals surface area contributed by atoms with E-state index in [1.165, 1.54) is 11.3 Å². The van der Waals surface area contributed by atoms with E-state index in [9.17, 15) is 0 Å². The van der Waals surface area contributed by atoms with E-state index in [0.717, 1.165) is 25.9 Å². The van der Waals surface area contributed by atoms with Gasteiger partial charge in [-0.25, -0.2) is 0 Å². The van der Waals surface area contributed by atoms with Crippen LogP contribution in [0.5, 0.6) is 5.75 Å². The summed E-state index contributed by atoms with van der Waals surface area (Å²) in [6, 6.07) is 13.8. The smallest absolute Gasteiger partial charge is 0.172 e. The topological polar surface area (TPSA) is 38.5 Å². The Kier molecular flexibility index (Phi) is 4.59. The molecule has 1 fully saturated rings. The molecule has 0 radical (unpaired) electrons. The van der Waals surface area contributed by atoms with Crippen molar-refractivity contribution in [2.75, 3.05) is 23.7 Å². The van der Waals surface area contributed by atoms with Crippen molar-refractivity contribution in [2.45, 2.75) is 25.4 Å². The van der Waals surface area contributed by atoms with Gasteiger partial charge in [0, 0.05) is 37.3 Å². The first-order valence-electron chi connectivity index (χ1n) is 8.05. The molecule has 3 rings (SSSR count). The van der Waals surface area contributed by atoms with Gasteiger partial charge in [-0.15, -0.1) is 6.42 Å². The second-order valence-electron chi connectivity index (χ2n) is 6.25. The van der Waals surface area contributed by atoms with Gasteiger partial charge in [-0.2, -0.15) is 0 Å². The van der Waals surface area contributed by atoms with Crippen molar-refractivity contribution in [1.29, 1.82) is 0 Å². The molecule has 4 heteroatoms. The SMILES string of the molecule is C#CC1(Oc2ccc(N)cc2Cl)CCN(c2ccc(C)cc2)CC1. The third-order valence-corrected chi connectivity index (χ3v) is 4.79. The fourth-order valence-electron chi connectivity index (χ4n) is 2.97. The van der Waals surface area contributed by atoms with Crippen LogP contribution in [0.3, 0.4) is 0 Å². The van der Waals surface area contributed by atoms with Gasteiger partial charge in [0.05, 0.1) is 5.02 Å². The van der Waals surface area contributed by atoms with Gasteiger partial charge in [-0.1, -0.05) is 35.2 Å². The monoisotopic (exact) mass is 340 g/mol. The van der Waals surface area contributed by atoms with Crippen molar-refractivity contribution in [3.63, 3.8) is 0 Å². The highest BCUT2D eigenvalue weighted by Crippen LogP contribution is 2.34. The van der Waals surface area contributed by atoms with Gasteiger partial charge >= 0.3 is 0 Å². The van der Waals surface area contributed by atoms with E-state index in [-0.39, 0.29) is 0 Å². The summed E-state index contributed by atoms with van der Waals surface area (Å²) in [4.78, 5) is 2.34. The molecule has 124 valence electrons. The van der Waals surface area contributed by atoms with Gasteiger partial charge < -0.3 is 15.4 Å². The number of benzene rings is 2. The summed E-state index contributed by atoms with van der Waals surface area (Å²) < 4.78 is 6.13. The van der Waals surface area contributed by atoms with Crippen LogP contribution in [0.4, 0.5) is 11.4 Å². The van der Waals surface area contributed by atoms with Crippen molar-refractivity contribution in [1.82, 2.24) is 0 Å². The Morgan fingerprint density at radius 3 is 2.42 bits per heavy atom. The molecule has 0 atom stereocenters. The zero-order valence-electron chi connectivity index (χ0n) is 13.8. The third-order valence-electron chi connectivity index (χ3n) is 4.49. The Balaban J connectivity index is 1.72. The molecule has 0 amide bonds. The van der Waals surface area contributed by atoms with Crippen LogP contribution in [0.25, 0.3) is 0 Å². The largest absolute Gasteiger partial charge is 0.473 e. The predicted molar refractivity (Wildman–Crippen MR) is 101 cm³/mol. The summed E-state index contributed by atoms with van der Waals surface area (Å²) in [5.74, 6) is 3.44. The molecule has 0 unspecified atom stereocenters. The number of terminal acetylenes is 1. The Morgan fingerprint density at radius 1 is 1.17 bits per heavy atom. The van der Waals surface area contributed by atoms with Crippen LogP contribution in [0, 0.1) is 19.3 Å². The number of ether oxygens (including phenoxy) is 1. The molecule has 0 aromatic heterocycles. The Hall–Kier alpha value is -2.31. The van der Waals surface area contributed by atoms with Crippen LogP contribution in [0.2, 0.25) is 5.02 Å². The minimum Gasteiger partial charge on any atom is -0.473 e. The van der Waals surface area contributed by atoms with Crippen LogP contribution in [-0.2, 0) is 0 Å². The molecule has 1 aliphatic heterocycles. The van der Waals surface area contributed by atoms with E-state index < -0.39 is 5.60 Å². The van der Waals surface area contributed by atoms with E-state index in [2.05, 4.69) is 42.0 Å². The lowest BCUT2D eigenvalue weighted by atomic mass is 9.91. The van der Waals surface area contributed by atoms with Gasteiger partial charge in [0.25, 0.3) is 0 Å². The van der Waals surface area contributed by atoms with Crippen molar-refractivity contribution in [3.8, 4) is 18.1 Å². The number of halogens is 1. The standard InChI is InChI=1S/C20H21ClN2O/c1-3-20(24-19-9-6-16(22)14-18(19)21)10-12-23(13-11-20)17-7-4-15(2)5-8-17/h1,4-9,14H,10-13,22H2,2H3. The lowest BCUT2D eigenvalue weighted by Crippen LogP contribution is -2.47. The first-order valence-corrected chi connectivity index (χ1v) is 8.43. The minimum absolute atomic E-state index is 0.491. The molecule has 3 nitrogen and oxygen atoms in total. The molecule has 2 aromatic carbocycles. The third kappa shape index (κ3) is 3.44. The summed E-state index contributed by atoms with van der Waals surface area (Å²) in [6.45, 7) is 3.78. The molecule has 0 bridgehead atoms. The molecular formula is C20H21ClN2O. The molecule has 1 aliphatic rings. The Morgan fingerprint density at radius 2 is 1.83 bits per heavy atom. The molecule has 2 N–H and O–H groups in total. The van der Waals surface area contributed by atoms with Gasteiger partial charge in [-0.05, 0) is 37.3 Å². The number of hydrogen-bond donors (Lipinski definition) is 1. The van der Waals surface area contributed by atoms with Crippen LogP contribution < -0.4 is 15.4 Å². The number of nitrogen functional groups attached to an aromatic ring is 1. The number of anilines is 2. The van der Waals surface area contributed by atoms with Gasteiger partial charge in [-0.3, -0.25) is 0 Å². The highest BCUT2D eigenvalue weighted by Gasteiger charge is 2.35. The number of nitrogens with zero attached hydrogens (tertiary/aromatic N) is 1. The Labute approximate surface area is 148 Å². The second-order valence-corrected chi connectivity index (χ2v) is 6.66. The van der Waals surface area contributed by atoms with Crippen molar-refractivity contribution < 1.29 is 4.74 Å². The van der Waals surface area contributed by atoms with Gasteiger partial charge in [0.1, 0.15) is 5.75 Å². The van der Waals surface area contributed by atoms with E-state index in [4.69, 9.17) is 28.5 Å². The van der Waals surface area contributed by atoms with Crippen molar-refractivity contribution >= 4 is 23.0 Å². The summed E-state index contributed by atoms with van der Waals surface area (Å²) in [5.41, 5.74) is 8.19. The second kappa shape index (κ2) is 6.67. The number of hydrogen-bond acceptors (Lipinski definition) is 3. The highest BCUT2D eigenvalue weighted by molar-refractivity contribution is 6.32. The van der Waals surface area contributed by atoms with E-state index in [1.807, 2.05) is 0 Å². The molecule has 0 spiro atoms. The average molecular weight is 341 g/mol. The fourth-order valence-corrected chi connectivity index (χ4v) is 3.20. The number of piperidine rings is 1. The van der Waals surface area contributed by atoms with Crippen LogP contribution in [0.15, 0.2) is 42.5 Å². The van der Waals surface area contributed by atoms with E-state index in [1.54, 1.807) is 18.2 Å². The number of aryl methyl sites for hydroxylation is 1. The number of nitrogens with two attached hydrogens (primary N) is 1. The lowest BCUT2D eigenvalue weighted by Gasteiger charge is -2.39. The molecule has 0 saturated carbocycles. The lowest BCUT2D eigenvalue weighted by molar-refractivity contribution is 0.102. The highest BCUT2D eigenvalue weighted by atomic mass is 35.5. The molecule has 0 aliphatic carbocycles. The zero-order valence-corrected chi connectivity index (χ0v) is 14.5. The first kappa shape index (κ1) is 16.5. The first-order chi connectivity index (χ1) is 11.5. The Bertz CT molecular complexity index is 756. The maximum atomic E-state index is 6.22. The van der Waals surface area contributed by atoms with E-state index in [0.29, 0.717) is 16.5 Å². The minimum atomic E-state index is -0.624. The molecule has 24 heavy (non-hydrogen) atoms. The van der Waals surface area contributed by atoms with Gasteiger partial charge in [0.15, 0.2) is 5.60 Å². The van der Waals surface area contributed by atoms with Gasteiger partial charge in [0.2, 0.25) is 0 Å². The predicted octanol–water partition coefficient (Wildman–Crippen LogP) is 4.28. The molecular weight excluding hydrogens is 320 g/mol. The fraction of sp³-hybridized carbons (Fsp3) is 0.300. The quantitative estimate of drug-likeness (QED) is 0.669. The molecule has 1 saturated heterocycles.